The van der Waals surface area contributed by atoms with Crippen LogP contribution in [0.3, 0.4) is 0 Å². The lowest BCUT2D eigenvalue weighted by Crippen LogP contribution is -2.15. The average molecular weight is 402 g/mol. The fraction of sp³-hybridized carbons (Fsp3) is 0.105. The summed E-state index contributed by atoms with van der Waals surface area (Å²) in [5, 5.41) is 2.95. The number of nitrogens with two attached hydrogens (primary N) is 1. The van der Waals surface area contributed by atoms with Crippen molar-refractivity contribution in [3.05, 3.63) is 70.0 Å². The van der Waals surface area contributed by atoms with Gasteiger partial charge >= 0.3 is 6.18 Å². The van der Waals surface area contributed by atoms with E-state index in [-0.39, 0.29) is 5.69 Å². The molecule has 0 fully saturated rings. The summed E-state index contributed by atoms with van der Waals surface area (Å²) in [6, 6.07) is 6.54. The third-order valence-electron chi connectivity index (χ3n) is 3.66. The third kappa shape index (κ3) is 4.66. The van der Waals surface area contributed by atoms with Gasteiger partial charge in [-0.3, -0.25) is 9.78 Å². The van der Waals surface area contributed by atoms with Crippen molar-refractivity contribution in [2.75, 3.05) is 11.1 Å². The number of carbonyl (C=O) groups excluding carboxylic acids is 1. The molecule has 0 bridgehead atoms. The van der Waals surface area contributed by atoms with Crippen molar-refractivity contribution in [3.8, 4) is 11.8 Å². The van der Waals surface area contributed by atoms with Gasteiger partial charge in [-0.2, -0.15) is 13.2 Å². The van der Waals surface area contributed by atoms with E-state index in [0.717, 1.165) is 17.8 Å². The molecule has 2 heterocycles. The van der Waals surface area contributed by atoms with Crippen molar-refractivity contribution in [2.45, 2.75) is 13.1 Å². The second-order valence-electron chi connectivity index (χ2n) is 5.72. The molecule has 5 nitrogen and oxygen atoms in total. The van der Waals surface area contributed by atoms with Gasteiger partial charge in [0, 0.05) is 17.4 Å². The number of hydrogen-bond acceptors (Lipinski definition) is 5. The Kier molecular flexibility index (Phi) is 5.33. The van der Waals surface area contributed by atoms with Gasteiger partial charge in [-0.05, 0) is 42.7 Å². The number of rotatable bonds is 2. The van der Waals surface area contributed by atoms with Gasteiger partial charge < -0.3 is 11.1 Å². The molecular formula is C19H13F3N4OS. The first-order valence-corrected chi connectivity index (χ1v) is 8.72. The summed E-state index contributed by atoms with van der Waals surface area (Å²) in [5.41, 5.74) is 6.22. The van der Waals surface area contributed by atoms with Gasteiger partial charge in [0.15, 0.2) is 5.13 Å². The molecule has 142 valence electrons. The van der Waals surface area contributed by atoms with Gasteiger partial charge in [0.25, 0.3) is 5.91 Å². The molecule has 28 heavy (non-hydrogen) atoms. The summed E-state index contributed by atoms with van der Waals surface area (Å²) in [7, 11) is 0. The minimum atomic E-state index is -4.55. The van der Waals surface area contributed by atoms with Crippen LogP contribution in [0.4, 0.5) is 24.0 Å². The van der Waals surface area contributed by atoms with Crippen LogP contribution >= 0.6 is 11.3 Å². The van der Waals surface area contributed by atoms with Crippen LogP contribution in [0.2, 0.25) is 0 Å². The van der Waals surface area contributed by atoms with Crippen molar-refractivity contribution < 1.29 is 18.0 Å². The van der Waals surface area contributed by atoms with Crippen LogP contribution < -0.4 is 11.1 Å². The maximum absolute atomic E-state index is 12.8. The van der Waals surface area contributed by atoms with Gasteiger partial charge in [-0.25, -0.2) is 4.98 Å². The first-order chi connectivity index (χ1) is 13.2. The van der Waals surface area contributed by atoms with Crippen LogP contribution in [0.1, 0.15) is 32.1 Å². The van der Waals surface area contributed by atoms with Crippen molar-refractivity contribution in [2.24, 2.45) is 0 Å². The number of pyridine rings is 1. The molecule has 0 aliphatic rings. The largest absolute Gasteiger partial charge is 0.416 e. The molecule has 1 amide bonds. The van der Waals surface area contributed by atoms with E-state index in [4.69, 9.17) is 5.73 Å². The Labute approximate surface area is 162 Å². The van der Waals surface area contributed by atoms with Crippen molar-refractivity contribution in [3.63, 3.8) is 0 Å². The number of hydrogen-bond donors (Lipinski definition) is 2. The Hall–Kier alpha value is -3.38. The first-order valence-electron chi connectivity index (χ1n) is 7.91. The zero-order valence-corrected chi connectivity index (χ0v) is 15.3. The second-order valence-corrected chi connectivity index (χ2v) is 6.79. The van der Waals surface area contributed by atoms with Crippen LogP contribution in [0.5, 0.6) is 0 Å². The molecule has 3 rings (SSSR count). The van der Waals surface area contributed by atoms with Crippen LogP contribution in [-0.2, 0) is 6.18 Å². The number of halogens is 3. The minimum absolute atomic E-state index is 0.330. The summed E-state index contributed by atoms with van der Waals surface area (Å²) in [5.74, 6) is 5.16. The number of thiazole rings is 1. The number of alkyl halides is 3. The quantitative estimate of drug-likeness (QED) is 0.633. The molecule has 0 aliphatic heterocycles. The number of benzene rings is 1. The SMILES string of the molecule is Cc1ccc(NC(=O)c2cc(C(F)(F)F)ccn2)cc1C#Cc1cnc(N)s1. The monoisotopic (exact) mass is 402 g/mol. The Morgan fingerprint density at radius 1 is 1.18 bits per heavy atom. The summed E-state index contributed by atoms with van der Waals surface area (Å²) in [6.07, 6.45) is -2.04. The lowest BCUT2D eigenvalue weighted by molar-refractivity contribution is -0.137. The highest BCUT2D eigenvalue weighted by molar-refractivity contribution is 7.15. The van der Waals surface area contributed by atoms with Gasteiger partial charge in [0.1, 0.15) is 5.69 Å². The fourth-order valence-corrected chi connectivity index (χ4v) is 2.77. The Morgan fingerprint density at radius 2 is 1.96 bits per heavy atom. The number of anilines is 2. The molecule has 0 unspecified atom stereocenters. The van der Waals surface area contributed by atoms with Gasteiger partial charge in [0.2, 0.25) is 0 Å². The van der Waals surface area contributed by atoms with E-state index in [9.17, 15) is 18.0 Å². The molecule has 9 heteroatoms. The summed E-state index contributed by atoms with van der Waals surface area (Å²) in [6.45, 7) is 1.85. The van der Waals surface area contributed by atoms with Crippen LogP contribution in [0.25, 0.3) is 0 Å². The molecular weight excluding hydrogens is 389 g/mol. The van der Waals surface area contributed by atoms with Crippen LogP contribution in [-0.4, -0.2) is 15.9 Å². The molecule has 0 saturated heterocycles. The number of amides is 1. The van der Waals surface area contributed by atoms with E-state index in [1.807, 2.05) is 6.92 Å². The molecule has 3 N–H and O–H groups in total. The number of nitrogen functional groups attached to an aromatic ring is 1. The topological polar surface area (TPSA) is 80.9 Å². The van der Waals surface area contributed by atoms with E-state index in [1.165, 1.54) is 11.3 Å². The Bertz CT molecular complexity index is 1100. The van der Waals surface area contributed by atoms with Gasteiger partial charge in [-0.15, -0.1) is 0 Å². The standard InChI is InChI=1S/C19H13F3N4OS/c1-11-2-4-14(8-12(11)3-5-15-10-25-18(23)28-15)26-17(27)16-9-13(6-7-24-16)19(20,21)22/h2,4,6-10H,1H3,(H2,23,25)(H,26,27). The lowest BCUT2D eigenvalue weighted by Gasteiger charge is -2.09. The van der Waals surface area contributed by atoms with E-state index < -0.39 is 17.6 Å². The minimum Gasteiger partial charge on any atom is -0.375 e. The number of nitrogens with one attached hydrogen (secondary N) is 1. The molecule has 0 radical (unpaired) electrons. The molecule has 0 spiro atoms. The first kappa shape index (κ1) is 19.4. The Balaban J connectivity index is 1.82. The van der Waals surface area contributed by atoms with E-state index in [0.29, 0.717) is 27.3 Å². The molecule has 1 aromatic carbocycles. The van der Waals surface area contributed by atoms with E-state index >= 15 is 0 Å². The molecule has 2 aromatic heterocycles. The normalized spacial score (nSPS) is 10.9. The summed E-state index contributed by atoms with van der Waals surface area (Å²) < 4.78 is 38.4. The number of aryl methyl sites for hydroxylation is 1. The Morgan fingerprint density at radius 3 is 2.64 bits per heavy atom. The molecule has 0 atom stereocenters. The van der Waals surface area contributed by atoms with E-state index in [2.05, 4.69) is 27.1 Å². The third-order valence-corrected chi connectivity index (χ3v) is 4.40. The number of nitrogens with zero attached hydrogens (tertiary/aromatic N) is 2. The highest BCUT2D eigenvalue weighted by Gasteiger charge is 2.31. The summed E-state index contributed by atoms with van der Waals surface area (Å²) in [4.78, 5) is 20.6. The van der Waals surface area contributed by atoms with Crippen LogP contribution in [0.15, 0.2) is 42.7 Å². The highest BCUT2D eigenvalue weighted by atomic mass is 32.1. The second kappa shape index (κ2) is 7.70. The van der Waals surface area contributed by atoms with Crippen LogP contribution in [0, 0.1) is 18.8 Å². The smallest absolute Gasteiger partial charge is 0.375 e. The average Bonchev–Trinajstić information content (AvgIpc) is 3.07. The predicted molar refractivity (Wildman–Crippen MR) is 101 cm³/mol. The van der Waals surface area contributed by atoms with Crippen molar-refractivity contribution in [1.82, 2.24) is 9.97 Å². The zero-order valence-electron chi connectivity index (χ0n) is 14.5. The maximum Gasteiger partial charge on any atom is 0.416 e. The van der Waals surface area contributed by atoms with Gasteiger partial charge in [0.05, 0.1) is 16.6 Å². The number of carbonyl (C=O) groups is 1. The predicted octanol–water partition coefficient (Wildman–Crippen LogP) is 4.10. The fourth-order valence-electron chi connectivity index (χ4n) is 2.23. The lowest BCUT2D eigenvalue weighted by atomic mass is 10.1. The van der Waals surface area contributed by atoms with Crippen molar-refractivity contribution >= 4 is 28.1 Å². The molecule has 0 saturated carbocycles. The number of aromatic nitrogens is 2. The highest BCUT2D eigenvalue weighted by Crippen LogP contribution is 2.29. The summed E-state index contributed by atoms with van der Waals surface area (Å²) >= 11 is 1.25. The van der Waals surface area contributed by atoms with Crippen molar-refractivity contribution in [1.29, 1.82) is 0 Å². The maximum atomic E-state index is 12.8. The van der Waals surface area contributed by atoms with E-state index in [1.54, 1.807) is 24.4 Å². The molecule has 3 aromatic rings. The zero-order chi connectivity index (χ0) is 20.3. The van der Waals surface area contributed by atoms with Gasteiger partial charge in [-0.1, -0.05) is 23.3 Å². The molecule has 0 aliphatic carbocycles.